The number of hydrogen-bond acceptors (Lipinski definition) is 4. The Labute approximate surface area is 113 Å². The number of rotatable bonds is 6. The van der Waals surface area contributed by atoms with Crippen LogP contribution >= 0.6 is 0 Å². The number of hydrogen-bond donors (Lipinski definition) is 2. The summed E-state index contributed by atoms with van der Waals surface area (Å²) in [7, 11) is 2.05. The highest BCUT2D eigenvalue weighted by molar-refractivity contribution is 5.76. The lowest BCUT2D eigenvalue weighted by molar-refractivity contribution is -0.122. The largest absolute Gasteiger partial charge is 0.375 e. The van der Waals surface area contributed by atoms with Crippen LogP contribution in [0.15, 0.2) is 12.4 Å². The van der Waals surface area contributed by atoms with Crippen LogP contribution in [0.4, 0.5) is 0 Å². The van der Waals surface area contributed by atoms with Crippen molar-refractivity contribution in [2.75, 3.05) is 26.7 Å². The van der Waals surface area contributed by atoms with Crippen molar-refractivity contribution < 1.29 is 9.53 Å². The predicted octanol–water partition coefficient (Wildman–Crippen LogP) is 0.178. The normalized spacial score (nSPS) is 23.7. The van der Waals surface area contributed by atoms with Crippen molar-refractivity contribution in [2.45, 2.75) is 31.9 Å². The van der Waals surface area contributed by atoms with E-state index in [9.17, 15) is 4.79 Å². The van der Waals surface area contributed by atoms with Gasteiger partial charge >= 0.3 is 0 Å². The molecular weight excluding hydrogens is 244 g/mol. The summed E-state index contributed by atoms with van der Waals surface area (Å²) >= 11 is 0. The lowest BCUT2D eigenvalue weighted by Gasteiger charge is -2.19. The van der Waals surface area contributed by atoms with Crippen LogP contribution < -0.4 is 5.32 Å². The van der Waals surface area contributed by atoms with Gasteiger partial charge in [-0.3, -0.25) is 9.89 Å². The average molecular weight is 266 g/mol. The van der Waals surface area contributed by atoms with E-state index in [1.807, 2.05) is 20.2 Å². The van der Waals surface area contributed by atoms with Gasteiger partial charge in [0.25, 0.3) is 0 Å². The van der Waals surface area contributed by atoms with E-state index in [0.717, 1.165) is 18.7 Å². The van der Waals surface area contributed by atoms with Gasteiger partial charge in [0.2, 0.25) is 5.91 Å². The molecule has 6 heteroatoms. The van der Waals surface area contributed by atoms with Gasteiger partial charge in [0.1, 0.15) is 0 Å². The summed E-state index contributed by atoms with van der Waals surface area (Å²) < 4.78 is 5.67. The second-order valence-corrected chi connectivity index (χ2v) is 5.00. The van der Waals surface area contributed by atoms with Crippen LogP contribution in [0, 0.1) is 0 Å². The molecule has 19 heavy (non-hydrogen) atoms. The van der Waals surface area contributed by atoms with Crippen molar-refractivity contribution in [1.82, 2.24) is 20.4 Å². The molecule has 0 unspecified atom stereocenters. The molecule has 2 rings (SSSR count). The molecule has 0 bridgehead atoms. The minimum atomic E-state index is 0.0752. The zero-order chi connectivity index (χ0) is 13.7. The minimum absolute atomic E-state index is 0.0752. The third kappa shape index (κ3) is 4.04. The van der Waals surface area contributed by atoms with E-state index in [-0.39, 0.29) is 18.1 Å². The molecule has 6 nitrogen and oxygen atoms in total. The number of carbonyl (C=O) groups is 1. The zero-order valence-corrected chi connectivity index (χ0v) is 11.6. The smallest absolute Gasteiger partial charge is 0.220 e. The summed E-state index contributed by atoms with van der Waals surface area (Å²) in [5, 5.41) is 9.68. The highest BCUT2D eigenvalue weighted by Gasteiger charge is 2.32. The molecule has 106 valence electrons. The summed E-state index contributed by atoms with van der Waals surface area (Å²) in [6, 6.07) is 0.0989. The lowest BCUT2D eigenvalue weighted by atomic mass is 10.1. The lowest BCUT2D eigenvalue weighted by Crippen LogP contribution is -2.44. The molecule has 2 N–H and O–H groups in total. The molecule has 1 aliphatic rings. The van der Waals surface area contributed by atoms with Crippen molar-refractivity contribution >= 4 is 5.91 Å². The second kappa shape index (κ2) is 6.68. The van der Waals surface area contributed by atoms with Gasteiger partial charge < -0.3 is 15.0 Å². The first-order valence-electron chi connectivity index (χ1n) is 6.76. The molecule has 1 saturated heterocycles. The Kier molecular flexibility index (Phi) is 4.93. The number of aryl methyl sites for hydroxylation is 1. The summed E-state index contributed by atoms with van der Waals surface area (Å²) in [4.78, 5) is 14.1. The van der Waals surface area contributed by atoms with E-state index in [2.05, 4.69) is 20.4 Å². The van der Waals surface area contributed by atoms with Gasteiger partial charge in [-0.15, -0.1) is 0 Å². The first-order valence-corrected chi connectivity index (χ1v) is 6.76. The van der Waals surface area contributed by atoms with Crippen LogP contribution in [0.2, 0.25) is 0 Å². The number of ether oxygens (including phenoxy) is 1. The van der Waals surface area contributed by atoms with Gasteiger partial charge in [0, 0.05) is 32.3 Å². The number of amides is 1. The molecule has 1 fully saturated rings. The number of nitrogens with zero attached hydrogens (tertiary/aromatic N) is 2. The van der Waals surface area contributed by atoms with Crippen LogP contribution in [0.5, 0.6) is 0 Å². The van der Waals surface area contributed by atoms with Crippen molar-refractivity contribution in [3.8, 4) is 0 Å². The third-order valence-electron chi connectivity index (χ3n) is 3.37. The van der Waals surface area contributed by atoms with E-state index in [0.29, 0.717) is 19.4 Å². The average Bonchev–Trinajstić information content (AvgIpc) is 2.98. The predicted molar refractivity (Wildman–Crippen MR) is 71.8 cm³/mol. The molecule has 1 amide bonds. The first-order chi connectivity index (χ1) is 9.19. The molecule has 0 aromatic carbocycles. The van der Waals surface area contributed by atoms with Gasteiger partial charge in [0.05, 0.1) is 18.3 Å². The Morgan fingerprint density at radius 1 is 1.63 bits per heavy atom. The SMILES string of the molecule is CCO[C@H]1CN(C)C[C@@H]1NC(=O)CCc1cn[nH]c1. The van der Waals surface area contributed by atoms with Crippen molar-refractivity contribution in [3.63, 3.8) is 0 Å². The fraction of sp³-hybridized carbons (Fsp3) is 0.692. The van der Waals surface area contributed by atoms with Crippen LogP contribution in [-0.4, -0.2) is 59.9 Å². The molecule has 1 aliphatic heterocycles. The fourth-order valence-electron chi connectivity index (χ4n) is 2.43. The van der Waals surface area contributed by atoms with E-state index in [4.69, 9.17) is 4.74 Å². The highest BCUT2D eigenvalue weighted by Crippen LogP contribution is 2.12. The minimum Gasteiger partial charge on any atom is -0.375 e. The molecular formula is C13H22N4O2. The summed E-state index contributed by atoms with van der Waals surface area (Å²) in [6.45, 7) is 4.39. The number of aromatic nitrogens is 2. The Bertz CT molecular complexity index is 393. The van der Waals surface area contributed by atoms with Crippen molar-refractivity contribution in [1.29, 1.82) is 0 Å². The van der Waals surface area contributed by atoms with Gasteiger partial charge in [-0.1, -0.05) is 0 Å². The van der Waals surface area contributed by atoms with Crippen LogP contribution in [0.1, 0.15) is 18.9 Å². The highest BCUT2D eigenvalue weighted by atomic mass is 16.5. The Morgan fingerprint density at radius 2 is 2.47 bits per heavy atom. The molecule has 1 aromatic heterocycles. The molecule has 2 atom stereocenters. The second-order valence-electron chi connectivity index (χ2n) is 5.00. The molecule has 0 spiro atoms. The maximum atomic E-state index is 11.9. The van der Waals surface area contributed by atoms with Crippen LogP contribution in [-0.2, 0) is 16.0 Å². The van der Waals surface area contributed by atoms with E-state index >= 15 is 0 Å². The Hall–Kier alpha value is -1.40. The molecule has 0 radical (unpaired) electrons. The quantitative estimate of drug-likeness (QED) is 0.770. The Morgan fingerprint density at radius 3 is 3.16 bits per heavy atom. The fourth-order valence-corrected chi connectivity index (χ4v) is 2.43. The van der Waals surface area contributed by atoms with E-state index in [1.165, 1.54) is 0 Å². The molecule has 1 aromatic rings. The Balaban J connectivity index is 1.77. The van der Waals surface area contributed by atoms with Crippen molar-refractivity contribution in [3.05, 3.63) is 18.0 Å². The maximum Gasteiger partial charge on any atom is 0.220 e. The van der Waals surface area contributed by atoms with E-state index < -0.39 is 0 Å². The van der Waals surface area contributed by atoms with Gasteiger partial charge in [-0.25, -0.2) is 0 Å². The third-order valence-corrected chi connectivity index (χ3v) is 3.37. The van der Waals surface area contributed by atoms with Gasteiger partial charge in [0.15, 0.2) is 0 Å². The van der Waals surface area contributed by atoms with E-state index in [1.54, 1.807) is 6.20 Å². The van der Waals surface area contributed by atoms with Gasteiger partial charge in [-0.05, 0) is 26.0 Å². The number of nitrogens with one attached hydrogen (secondary N) is 2. The molecule has 0 saturated carbocycles. The summed E-state index contributed by atoms with van der Waals surface area (Å²) in [5.74, 6) is 0.0752. The van der Waals surface area contributed by atoms with Crippen LogP contribution in [0.25, 0.3) is 0 Å². The number of aromatic amines is 1. The van der Waals surface area contributed by atoms with Crippen molar-refractivity contribution in [2.24, 2.45) is 0 Å². The first kappa shape index (κ1) is 14.0. The standard InChI is InChI=1S/C13H22N4O2/c1-3-19-12-9-17(2)8-11(12)16-13(18)5-4-10-6-14-15-7-10/h6-7,11-12H,3-5,8-9H2,1-2H3,(H,14,15)(H,16,18)/t11-,12-/m0/s1. The summed E-state index contributed by atoms with van der Waals surface area (Å²) in [6.07, 6.45) is 4.87. The number of carbonyl (C=O) groups excluding carboxylic acids is 1. The van der Waals surface area contributed by atoms with Crippen LogP contribution in [0.3, 0.4) is 0 Å². The number of H-pyrrole nitrogens is 1. The monoisotopic (exact) mass is 266 g/mol. The molecule has 2 heterocycles. The number of likely N-dealkylation sites (N-methyl/N-ethyl adjacent to an activating group) is 1. The summed E-state index contributed by atoms with van der Waals surface area (Å²) in [5.41, 5.74) is 1.06. The van der Waals surface area contributed by atoms with Gasteiger partial charge in [-0.2, -0.15) is 5.10 Å². The number of likely N-dealkylation sites (tertiary alicyclic amines) is 1. The molecule has 0 aliphatic carbocycles. The topological polar surface area (TPSA) is 70.2 Å². The zero-order valence-electron chi connectivity index (χ0n) is 11.6. The maximum absolute atomic E-state index is 11.9.